The fraction of sp³-hybridized carbons (Fsp3) is 0.353. The minimum Gasteiger partial charge on any atom is -0.385 e. The predicted octanol–water partition coefficient (Wildman–Crippen LogP) is 3.87. The van der Waals surface area contributed by atoms with E-state index in [1.807, 2.05) is 0 Å². The first kappa shape index (κ1) is 19.3. The van der Waals surface area contributed by atoms with Crippen molar-refractivity contribution in [3.8, 4) is 0 Å². The van der Waals surface area contributed by atoms with Gasteiger partial charge in [-0.3, -0.25) is 9.79 Å². The Bertz CT molecular complexity index is 914. The molecule has 0 fully saturated rings. The highest BCUT2D eigenvalue weighted by Crippen LogP contribution is 2.50. The molecule has 27 heavy (non-hydrogen) atoms. The van der Waals surface area contributed by atoms with E-state index in [9.17, 15) is 22.4 Å². The molecule has 0 spiro atoms. The van der Waals surface area contributed by atoms with Gasteiger partial charge in [0.1, 0.15) is 5.84 Å². The minimum absolute atomic E-state index is 0.0875. The third-order valence-electron chi connectivity index (χ3n) is 4.54. The molecule has 1 aromatic heterocycles. The quantitative estimate of drug-likeness (QED) is 0.768. The molecule has 5 nitrogen and oxygen atoms in total. The number of halogens is 4. The molecule has 0 unspecified atom stereocenters. The fourth-order valence-electron chi connectivity index (χ4n) is 2.89. The van der Waals surface area contributed by atoms with Crippen LogP contribution in [0.2, 0.25) is 0 Å². The Morgan fingerprint density at radius 1 is 1.30 bits per heavy atom. The second-order valence-electron chi connectivity index (χ2n) is 6.61. The van der Waals surface area contributed by atoms with Crippen molar-refractivity contribution in [3.05, 3.63) is 46.2 Å². The monoisotopic (exact) mass is 400 g/mol. The lowest BCUT2D eigenvalue weighted by atomic mass is 9.77. The molecule has 2 aromatic rings. The first-order valence-corrected chi connectivity index (χ1v) is 8.78. The van der Waals surface area contributed by atoms with Crippen molar-refractivity contribution in [1.29, 1.82) is 0 Å². The molecule has 0 saturated heterocycles. The van der Waals surface area contributed by atoms with Gasteiger partial charge in [-0.2, -0.15) is 0 Å². The molecular formula is C17H16F4N4OS. The second-order valence-corrected chi connectivity index (χ2v) is 7.50. The van der Waals surface area contributed by atoms with Crippen LogP contribution < -0.4 is 11.1 Å². The number of aliphatic imine (C=N–C) groups is 1. The summed E-state index contributed by atoms with van der Waals surface area (Å²) < 4.78 is 58.7. The van der Waals surface area contributed by atoms with Gasteiger partial charge < -0.3 is 11.1 Å². The number of benzene rings is 1. The number of nitrogens with two attached hydrogens (primary N) is 1. The molecule has 1 amide bonds. The summed E-state index contributed by atoms with van der Waals surface area (Å²) in [5.41, 5.74) is -0.214. The maximum atomic E-state index is 15.0. The van der Waals surface area contributed by atoms with Crippen LogP contribution in [0.5, 0.6) is 0 Å². The average Bonchev–Trinajstić information content (AvgIpc) is 3.09. The van der Waals surface area contributed by atoms with Crippen molar-refractivity contribution < 1.29 is 22.4 Å². The number of hydrogen-bond donors (Lipinski definition) is 2. The van der Waals surface area contributed by atoms with Gasteiger partial charge in [0, 0.05) is 17.1 Å². The van der Waals surface area contributed by atoms with E-state index in [2.05, 4.69) is 15.3 Å². The van der Waals surface area contributed by atoms with Gasteiger partial charge in [-0.05, 0) is 19.9 Å². The number of hydrogen-bond acceptors (Lipinski definition) is 5. The molecule has 2 heterocycles. The Morgan fingerprint density at radius 2 is 2.00 bits per heavy atom. The van der Waals surface area contributed by atoms with Gasteiger partial charge in [0.25, 0.3) is 11.8 Å². The summed E-state index contributed by atoms with van der Waals surface area (Å²) >= 11 is 1.04. The van der Waals surface area contributed by atoms with E-state index in [1.165, 1.54) is 18.3 Å². The van der Waals surface area contributed by atoms with E-state index in [0.717, 1.165) is 31.3 Å². The third kappa shape index (κ3) is 3.18. The zero-order valence-corrected chi connectivity index (χ0v) is 15.2. The van der Waals surface area contributed by atoms with Gasteiger partial charge in [-0.25, -0.2) is 22.5 Å². The van der Waals surface area contributed by atoms with Gasteiger partial charge in [0.2, 0.25) is 0 Å². The summed E-state index contributed by atoms with van der Waals surface area (Å²) in [4.78, 5) is 19.5. The Hall–Kier alpha value is -2.49. The summed E-state index contributed by atoms with van der Waals surface area (Å²) in [6, 6.07) is 3.63. The lowest BCUT2D eigenvalue weighted by Crippen LogP contribution is -2.56. The number of alkyl halides is 3. The van der Waals surface area contributed by atoms with E-state index in [1.54, 1.807) is 5.38 Å². The van der Waals surface area contributed by atoms with Crippen LogP contribution in [0.1, 0.15) is 35.6 Å². The zero-order valence-electron chi connectivity index (χ0n) is 14.4. The van der Waals surface area contributed by atoms with E-state index in [-0.39, 0.29) is 10.7 Å². The summed E-state index contributed by atoms with van der Waals surface area (Å²) in [7, 11) is 0. The van der Waals surface area contributed by atoms with Crippen molar-refractivity contribution in [2.45, 2.75) is 37.4 Å². The van der Waals surface area contributed by atoms with E-state index in [4.69, 9.17) is 5.73 Å². The lowest BCUT2D eigenvalue weighted by molar-refractivity contribution is -0.106. The largest absolute Gasteiger partial charge is 0.385 e. The zero-order chi connectivity index (χ0) is 20.0. The molecule has 1 aliphatic rings. The van der Waals surface area contributed by atoms with E-state index in [0.29, 0.717) is 0 Å². The molecule has 3 N–H and O–H groups in total. The molecule has 2 atom stereocenters. The van der Waals surface area contributed by atoms with Crippen LogP contribution in [0.3, 0.4) is 0 Å². The average molecular weight is 400 g/mol. The number of amides is 1. The predicted molar refractivity (Wildman–Crippen MR) is 94.5 cm³/mol. The van der Waals surface area contributed by atoms with Crippen molar-refractivity contribution >= 4 is 28.8 Å². The van der Waals surface area contributed by atoms with Crippen LogP contribution >= 0.6 is 11.3 Å². The fourth-order valence-corrected chi connectivity index (χ4v) is 3.42. The van der Waals surface area contributed by atoms with Crippen molar-refractivity contribution in [2.24, 2.45) is 10.7 Å². The van der Waals surface area contributed by atoms with Gasteiger partial charge in [-0.1, -0.05) is 12.1 Å². The maximum absolute atomic E-state index is 15.0. The number of rotatable bonds is 3. The maximum Gasteiger partial charge on any atom is 0.284 e. The number of thiazole rings is 1. The molecule has 3 rings (SSSR count). The minimum atomic E-state index is -3.71. The highest BCUT2D eigenvalue weighted by Gasteiger charge is 2.60. The molecule has 0 aliphatic carbocycles. The molecule has 10 heteroatoms. The van der Waals surface area contributed by atoms with Gasteiger partial charge in [-0.15, -0.1) is 11.3 Å². The van der Waals surface area contributed by atoms with Crippen LogP contribution in [-0.2, 0) is 5.54 Å². The Labute approximate surface area is 156 Å². The molecule has 0 radical (unpaired) electrons. The van der Waals surface area contributed by atoms with E-state index >= 15 is 0 Å². The summed E-state index contributed by atoms with van der Waals surface area (Å²) in [5.74, 6) is -6.12. The van der Waals surface area contributed by atoms with Crippen molar-refractivity contribution in [2.75, 3.05) is 5.32 Å². The first-order valence-electron chi connectivity index (χ1n) is 7.90. The number of amidine groups is 1. The smallest absolute Gasteiger partial charge is 0.284 e. The number of carbonyl (C=O) groups excluding carboxylic acids is 1. The summed E-state index contributed by atoms with van der Waals surface area (Å²) in [5, 5.41) is 3.95. The molecule has 0 bridgehead atoms. The number of aromatic nitrogens is 1. The highest BCUT2D eigenvalue weighted by atomic mass is 32.1. The Morgan fingerprint density at radius 3 is 2.63 bits per heavy atom. The standard InChI is InChI=1S/C17H16F4N4OS/c1-15(19)8-17(20,21)16(2,25-14(15)22)9-4-3-5-10(11(9)18)24-12(26)13-23-6-7-27-13/h3-7H,8H2,1-2H3,(H2,22,25)(H,24,26)/t15-,16-/m1/s1. The number of anilines is 1. The highest BCUT2D eigenvalue weighted by molar-refractivity contribution is 7.11. The van der Waals surface area contributed by atoms with Crippen LogP contribution in [0.25, 0.3) is 0 Å². The molecule has 0 saturated carbocycles. The van der Waals surface area contributed by atoms with Gasteiger partial charge >= 0.3 is 0 Å². The SMILES string of the molecule is C[C@@]1(F)CC(F)(F)[C@@](C)(c2cccc(NC(=O)c3nccs3)c2F)N=C1N. The Balaban J connectivity index is 2.05. The first-order chi connectivity index (χ1) is 12.5. The van der Waals surface area contributed by atoms with Crippen LogP contribution in [-0.4, -0.2) is 28.3 Å². The topological polar surface area (TPSA) is 80.4 Å². The van der Waals surface area contributed by atoms with Crippen LogP contribution in [0, 0.1) is 5.82 Å². The molecular weight excluding hydrogens is 384 g/mol. The number of nitrogens with one attached hydrogen (secondary N) is 1. The van der Waals surface area contributed by atoms with Crippen molar-refractivity contribution in [1.82, 2.24) is 4.98 Å². The van der Waals surface area contributed by atoms with Gasteiger partial charge in [0.15, 0.2) is 22.0 Å². The van der Waals surface area contributed by atoms with Gasteiger partial charge in [0.05, 0.1) is 12.1 Å². The third-order valence-corrected chi connectivity index (χ3v) is 5.31. The molecule has 144 valence electrons. The van der Waals surface area contributed by atoms with Crippen molar-refractivity contribution in [3.63, 3.8) is 0 Å². The van der Waals surface area contributed by atoms with Crippen LogP contribution in [0.4, 0.5) is 23.2 Å². The number of carbonyl (C=O) groups is 1. The Kier molecular flexibility index (Phi) is 4.49. The van der Waals surface area contributed by atoms with Crippen LogP contribution in [0.15, 0.2) is 34.8 Å². The number of nitrogens with zero attached hydrogens (tertiary/aromatic N) is 2. The summed E-state index contributed by atoms with van der Waals surface area (Å²) in [6.07, 6.45) is 0.169. The molecule has 1 aliphatic heterocycles. The summed E-state index contributed by atoms with van der Waals surface area (Å²) in [6.45, 7) is 1.89. The van der Waals surface area contributed by atoms with E-state index < -0.39 is 46.7 Å². The molecule has 1 aromatic carbocycles. The second kappa shape index (κ2) is 6.29. The lowest BCUT2D eigenvalue weighted by Gasteiger charge is -2.42. The normalized spacial score (nSPS) is 27.1.